The highest BCUT2D eigenvalue weighted by molar-refractivity contribution is 5.69. The SMILES string of the molecule is CC(=CCCC(=O)OC[C@@H](O)[C@@H](O)[C@H](O)[C@H](O)CO)CCCC(C)CCCC(C)C. The fraction of sp³-hybridized carbons (Fsp3) is 0.870. The van der Waals surface area contributed by atoms with Gasteiger partial charge in [0, 0.05) is 6.42 Å². The van der Waals surface area contributed by atoms with Gasteiger partial charge in [0.25, 0.3) is 0 Å². The van der Waals surface area contributed by atoms with Crippen LogP contribution in [0.15, 0.2) is 11.6 Å². The Bertz CT molecular complexity index is 478. The quantitative estimate of drug-likeness (QED) is 0.176. The first-order valence-corrected chi connectivity index (χ1v) is 11.2. The Kier molecular flexibility index (Phi) is 16.1. The normalized spacial score (nSPS) is 17.5. The second kappa shape index (κ2) is 16.7. The lowest BCUT2D eigenvalue weighted by atomic mass is 9.94. The smallest absolute Gasteiger partial charge is 0.306 e. The molecule has 178 valence electrons. The van der Waals surface area contributed by atoms with Crippen LogP contribution in [0.5, 0.6) is 0 Å². The van der Waals surface area contributed by atoms with Crippen molar-refractivity contribution in [2.75, 3.05) is 13.2 Å². The summed E-state index contributed by atoms with van der Waals surface area (Å²) in [6.07, 6.45) is 3.37. The van der Waals surface area contributed by atoms with Crippen LogP contribution in [-0.2, 0) is 9.53 Å². The fourth-order valence-corrected chi connectivity index (χ4v) is 3.20. The highest BCUT2D eigenvalue weighted by atomic mass is 16.5. The van der Waals surface area contributed by atoms with Crippen LogP contribution in [0.2, 0.25) is 0 Å². The number of esters is 1. The average Bonchev–Trinajstić information content (AvgIpc) is 2.69. The van der Waals surface area contributed by atoms with Gasteiger partial charge in [0.15, 0.2) is 0 Å². The predicted molar refractivity (Wildman–Crippen MR) is 117 cm³/mol. The number of hydrogen-bond acceptors (Lipinski definition) is 7. The van der Waals surface area contributed by atoms with Crippen LogP contribution in [-0.4, -0.2) is 69.1 Å². The minimum atomic E-state index is -1.73. The molecule has 0 fully saturated rings. The molecule has 7 nitrogen and oxygen atoms in total. The van der Waals surface area contributed by atoms with E-state index in [2.05, 4.69) is 27.7 Å². The molecule has 5 atom stereocenters. The molecule has 0 saturated carbocycles. The van der Waals surface area contributed by atoms with Crippen molar-refractivity contribution in [3.8, 4) is 0 Å². The Morgan fingerprint density at radius 3 is 2.10 bits per heavy atom. The molecule has 0 aliphatic heterocycles. The molecule has 30 heavy (non-hydrogen) atoms. The molecule has 5 N–H and O–H groups in total. The minimum absolute atomic E-state index is 0.160. The van der Waals surface area contributed by atoms with Crippen molar-refractivity contribution in [3.05, 3.63) is 11.6 Å². The summed E-state index contributed by atoms with van der Waals surface area (Å²) < 4.78 is 4.90. The van der Waals surface area contributed by atoms with E-state index in [1.165, 1.54) is 31.3 Å². The van der Waals surface area contributed by atoms with Gasteiger partial charge in [-0.05, 0) is 38.0 Å². The van der Waals surface area contributed by atoms with Gasteiger partial charge in [0.1, 0.15) is 31.0 Å². The van der Waals surface area contributed by atoms with Crippen LogP contribution in [0.3, 0.4) is 0 Å². The van der Waals surface area contributed by atoms with Gasteiger partial charge in [-0.2, -0.15) is 0 Å². The van der Waals surface area contributed by atoms with Crippen LogP contribution in [0.4, 0.5) is 0 Å². The topological polar surface area (TPSA) is 127 Å². The monoisotopic (exact) mass is 432 g/mol. The molecule has 0 saturated heterocycles. The van der Waals surface area contributed by atoms with Gasteiger partial charge in [-0.25, -0.2) is 0 Å². The Labute approximate surface area is 181 Å². The van der Waals surface area contributed by atoms with Gasteiger partial charge in [-0.15, -0.1) is 0 Å². The number of carbonyl (C=O) groups is 1. The first-order valence-electron chi connectivity index (χ1n) is 11.2. The number of hydrogen-bond donors (Lipinski definition) is 5. The van der Waals surface area contributed by atoms with Crippen LogP contribution in [0.25, 0.3) is 0 Å². The zero-order chi connectivity index (χ0) is 23.1. The van der Waals surface area contributed by atoms with Gasteiger partial charge < -0.3 is 30.3 Å². The lowest BCUT2D eigenvalue weighted by Crippen LogP contribution is -2.47. The van der Waals surface area contributed by atoms with Crippen molar-refractivity contribution in [2.45, 2.75) is 103 Å². The molecule has 0 aliphatic carbocycles. The molecule has 0 spiro atoms. The van der Waals surface area contributed by atoms with Crippen LogP contribution < -0.4 is 0 Å². The largest absolute Gasteiger partial charge is 0.463 e. The maximum absolute atomic E-state index is 11.8. The third-order valence-electron chi connectivity index (χ3n) is 5.33. The summed E-state index contributed by atoms with van der Waals surface area (Å²) in [4.78, 5) is 11.8. The summed E-state index contributed by atoms with van der Waals surface area (Å²) in [5.74, 6) is 1.000. The number of allylic oxidation sites excluding steroid dienone is 2. The molecule has 0 amide bonds. The van der Waals surface area contributed by atoms with E-state index in [9.17, 15) is 25.2 Å². The van der Waals surface area contributed by atoms with E-state index in [1.54, 1.807) is 0 Å². The van der Waals surface area contributed by atoms with Gasteiger partial charge in [-0.3, -0.25) is 4.79 Å². The molecule has 0 aromatic carbocycles. The third-order valence-corrected chi connectivity index (χ3v) is 5.33. The Balaban J connectivity index is 3.98. The average molecular weight is 433 g/mol. The molecular formula is C23H44O7. The van der Waals surface area contributed by atoms with E-state index >= 15 is 0 Å². The maximum Gasteiger partial charge on any atom is 0.306 e. The number of aliphatic hydroxyl groups is 5. The third kappa shape index (κ3) is 14.1. The van der Waals surface area contributed by atoms with Gasteiger partial charge >= 0.3 is 5.97 Å². The summed E-state index contributed by atoms with van der Waals surface area (Å²) in [5.41, 5.74) is 1.24. The standard InChI is InChI=1S/C23H44O7/c1-16(2)8-5-9-17(3)10-6-11-18(4)12-7-13-21(27)30-15-20(26)23(29)22(28)19(25)14-24/h12,16-17,19-20,22-26,28-29H,5-11,13-15H2,1-4H3/t17?,19-,20-,22-,23-/m1/s1. The summed E-state index contributed by atoms with van der Waals surface area (Å²) >= 11 is 0. The minimum Gasteiger partial charge on any atom is -0.463 e. The number of aliphatic hydroxyl groups excluding tert-OH is 5. The van der Waals surface area contributed by atoms with Crippen molar-refractivity contribution in [1.82, 2.24) is 0 Å². The van der Waals surface area contributed by atoms with Crippen molar-refractivity contribution >= 4 is 5.97 Å². The van der Waals surface area contributed by atoms with E-state index in [0.29, 0.717) is 6.42 Å². The Hall–Kier alpha value is -0.990. The molecule has 0 aromatic rings. The molecule has 0 heterocycles. The molecule has 0 rings (SSSR count). The lowest BCUT2D eigenvalue weighted by molar-refractivity contribution is -0.156. The summed E-state index contributed by atoms with van der Waals surface area (Å²) in [6.45, 7) is 7.64. The summed E-state index contributed by atoms with van der Waals surface area (Å²) in [7, 11) is 0. The van der Waals surface area contributed by atoms with E-state index in [0.717, 1.165) is 24.7 Å². The molecular weight excluding hydrogens is 388 g/mol. The number of carbonyl (C=O) groups excluding carboxylic acids is 1. The fourth-order valence-electron chi connectivity index (χ4n) is 3.20. The molecule has 1 unspecified atom stereocenters. The molecule has 0 aliphatic rings. The van der Waals surface area contributed by atoms with Crippen LogP contribution in [0, 0.1) is 11.8 Å². The van der Waals surface area contributed by atoms with Gasteiger partial charge in [-0.1, -0.05) is 58.1 Å². The predicted octanol–water partition coefficient (Wildman–Crippen LogP) is 2.32. The Morgan fingerprint density at radius 1 is 0.900 bits per heavy atom. The zero-order valence-electron chi connectivity index (χ0n) is 19.2. The highest BCUT2D eigenvalue weighted by Crippen LogP contribution is 2.19. The van der Waals surface area contributed by atoms with E-state index in [4.69, 9.17) is 9.84 Å². The van der Waals surface area contributed by atoms with Gasteiger partial charge in [0.2, 0.25) is 0 Å². The van der Waals surface area contributed by atoms with E-state index < -0.39 is 43.6 Å². The zero-order valence-corrected chi connectivity index (χ0v) is 19.2. The van der Waals surface area contributed by atoms with Crippen molar-refractivity contribution in [3.63, 3.8) is 0 Å². The Morgan fingerprint density at radius 2 is 1.50 bits per heavy atom. The first kappa shape index (κ1) is 29.0. The molecule has 0 aromatic heterocycles. The molecule has 0 radical (unpaired) electrons. The lowest BCUT2D eigenvalue weighted by Gasteiger charge is -2.25. The van der Waals surface area contributed by atoms with Crippen molar-refractivity contribution in [2.24, 2.45) is 11.8 Å². The van der Waals surface area contributed by atoms with Crippen molar-refractivity contribution in [1.29, 1.82) is 0 Å². The number of rotatable bonds is 17. The van der Waals surface area contributed by atoms with Gasteiger partial charge in [0.05, 0.1) is 6.61 Å². The second-order valence-corrected chi connectivity index (χ2v) is 8.89. The summed E-state index contributed by atoms with van der Waals surface area (Å²) in [6, 6.07) is 0. The number of ether oxygens (including phenoxy) is 1. The molecule has 0 bridgehead atoms. The van der Waals surface area contributed by atoms with Crippen LogP contribution >= 0.6 is 0 Å². The molecule has 7 heteroatoms. The van der Waals surface area contributed by atoms with Crippen LogP contribution in [0.1, 0.15) is 79.1 Å². The van der Waals surface area contributed by atoms with Crippen molar-refractivity contribution < 1.29 is 35.1 Å². The highest BCUT2D eigenvalue weighted by Gasteiger charge is 2.30. The first-order chi connectivity index (χ1) is 14.1. The van der Waals surface area contributed by atoms with E-state index in [1.807, 2.05) is 6.08 Å². The maximum atomic E-state index is 11.8. The summed E-state index contributed by atoms with van der Waals surface area (Å²) in [5, 5.41) is 46.9. The second-order valence-electron chi connectivity index (χ2n) is 8.89. The van der Waals surface area contributed by atoms with E-state index in [-0.39, 0.29) is 6.42 Å².